The minimum Gasteiger partial charge on any atom is -0.341 e. The molecule has 0 bridgehead atoms. The summed E-state index contributed by atoms with van der Waals surface area (Å²) in [6.07, 6.45) is 3.20. The van der Waals surface area contributed by atoms with E-state index in [-0.39, 0.29) is 11.6 Å². The minimum absolute atomic E-state index is 0.289. The molecule has 3 N–H and O–H groups in total. The Morgan fingerprint density at radius 2 is 1.96 bits per heavy atom. The molecule has 4 aromatic rings. The summed E-state index contributed by atoms with van der Waals surface area (Å²) in [7, 11) is 0. The van der Waals surface area contributed by atoms with Gasteiger partial charge in [-0.25, -0.2) is 13.8 Å². The van der Waals surface area contributed by atoms with Gasteiger partial charge < -0.3 is 10.7 Å². The Hall–Kier alpha value is -3.12. The molecule has 130 valence electrons. The highest BCUT2D eigenvalue weighted by Gasteiger charge is 2.14. The van der Waals surface area contributed by atoms with Crippen LogP contribution in [-0.2, 0) is 6.42 Å². The van der Waals surface area contributed by atoms with Crippen molar-refractivity contribution in [2.24, 2.45) is 5.73 Å². The van der Waals surface area contributed by atoms with E-state index >= 15 is 0 Å². The average Bonchev–Trinajstić information content (AvgIpc) is 3.05. The minimum atomic E-state index is -0.398. The molecule has 0 saturated carbocycles. The molecule has 6 heteroatoms. The number of H-pyrrole nitrogens is 1. The van der Waals surface area contributed by atoms with Gasteiger partial charge in [-0.2, -0.15) is 0 Å². The van der Waals surface area contributed by atoms with E-state index in [0.29, 0.717) is 17.8 Å². The van der Waals surface area contributed by atoms with Crippen LogP contribution in [-0.4, -0.2) is 15.0 Å². The largest absolute Gasteiger partial charge is 0.341 e. The summed E-state index contributed by atoms with van der Waals surface area (Å²) < 4.78 is 27.3. The molecule has 0 saturated heterocycles. The van der Waals surface area contributed by atoms with Crippen LogP contribution in [0.15, 0.2) is 60.9 Å². The lowest BCUT2D eigenvalue weighted by atomic mass is 10.1. The maximum Gasteiger partial charge on any atom is 0.149 e. The van der Waals surface area contributed by atoms with Gasteiger partial charge in [0.15, 0.2) is 0 Å². The molecular formula is C20H16F2N4. The van der Waals surface area contributed by atoms with Gasteiger partial charge in [0, 0.05) is 11.8 Å². The maximum atomic E-state index is 13.9. The quantitative estimate of drug-likeness (QED) is 0.581. The van der Waals surface area contributed by atoms with Gasteiger partial charge in [0.1, 0.15) is 17.5 Å². The molecule has 2 aromatic carbocycles. The Morgan fingerprint density at radius 1 is 1.08 bits per heavy atom. The number of halogens is 2. The number of hydrogen-bond donors (Lipinski definition) is 2. The molecule has 0 spiro atoms. The summed E-state index contributed by atoms with van der Waals surface area (Å²) in [6, 6.07) is 13.0. The number of nitrogens with two attached hydrogens (primary N) is 1. The van der Waals surface area contributed by atoms with Crippen molar-refractivity contribution in [3.63, 3.8) is 0 Å². The zero-order valence-corrected chi connectivity index (χ0v) is 13.8. The van der Waals surface area contributed by atoms with E-state index in [0.717, 1.165) is 22.2 Å². The topological polar surface area (TPSA) is 67.6 Å². The predicted octanol–water partition coefficient (Wildman–Crippen LogP) is 4.15. The van der Waals surface area contributed by atoms with Crippen molar-refractivity contribution in [1.29, 1.82) is 0 Å². The molecule has 0 aliphatic rings. The fourth-order valence-corrected chi connectivity index (χ4v) is 3.00. The molecular weight excluding hydrogens is 334 g/mol. The number of fused-ring (bicyclic) bond motifs is 1. The number of hydrogen-bond acceptors (Lipinski definition) is 3. The zero-order valence-electron chi connectivity index (χ0n) is 13.8. The highest BCUT2D eigenvalue weighted by atomic mass is 19.1. The van der Waals surface area contributed by atoms with E-state index in [2.05, 4.69) is 15.0 Å². The first kappa shape index (κ1) is 16.4. The van der Waals surface area contributed by atoms with Crippen molar-refractivity contribution in [1.82, 2.24) is 15.0 Å². The molecule has 0 amide bonds. The summed E-state index contributed by atoms with van der Waals surface area (Å²) in [6.45, 7) is 0. The molecule has 0 fully saturated rings. The molecule has 0 aliphatic carbocycles. The van der Waals surface area contributed by atoms with Crippen LogP contribution in [0, 0.1) is 11.6 Å². The first-order chi connectivity index (χ1) is 12.6. The lowest BCUT2D eigenvalue weighted by Crippen LogP contribution is -2.15. The zero-order chi connectivity index (χ0) is 18.1. The van der Waals surface area contributed by atoms with E-state index < -0.39 is 6.04 Å². The van der Waals surface area contributed by atoms with E-state index in [1.807, 2.05) is 24.3 Å². The van der Waals surface area contributed by atoms with Crippen molar-refractivity contribution >= 4 is 11.0 Å². The van der Waals surface area contributed by atoms with Crippen molar-refractivity contribution in [2.75, 3.05) is 0 Å². The Kier molecular flexibility index (Phi) is 4.18. The lowest BCUT2D eigenvalue weighted by molar-refractivity contribution is 0.619. The summed E-state index contributed by atoms with van der Waals surface area (Å²) in [5.41, 5.74) is 9.75. The number of nitrogens with one attached hydrogen (secondary N) is 1. The third-order valence-corrected chi connectivity index (χ3v) is 4.28. The van der Waals surface area contributed by atoms with Crippen LogP contribution in [0.3, 0.4) is 0 Å². The predicted molar refractivity (Wildman–Crippen MR) is 96.3 cm³/mol. The number of imidazole rings is 1. The standard InChI is InChI=1S/C20H16F2N4/c21-14-3-1-2-12(8-14)9-17(23)20-25-18-5-4-13(10-19(18)26-20)15-6-7-24-11-16(15)22/h1-8,10-11,17H,9,23H2,(H,25,26)/t17-/m1/s1. The number of aromatic amines is 1. The summed E-state index contributed by atoms with van der Waals surface area (Å²) in [4.78, 5) is 11.5. The number of nitrogens with zero attached hydrogens (tertiary/aromatic N) is 2. The number of benzene rings is 2. The van der Waals surface area contributed by atoms with Crippen molar-refractivity contribution in [3.05, 3.63) is 83.9 Å². The van der Waals surface area contributed by atoms with Crippen molar-refractivity contribution in [2.45, 2.75) is 12.5 Å². The van der Waals surface area contributed by atoms with E-state index in [9.17, 15) is 8.78 Å². The van der Waals surface area contributed by atoms with Crippen LogP contribution < -0.4 is 5.73 Å². The van der Waals surface area contributed by atoms with Gasteiger partial charge in [-0.3, -0.25) is 4.98 Å². The lowest BCUT2D eigenvalue weighted by Gasteiger charge is -2.08. The van der Waals surface area contributed by atoms with E-state index in [1.165, 1.54) is 18.3 Å². The molecule has 4 rings (SSSR count). The number of aromatic nitrogens is 3. The first-order valence-electron chi connectivity index (χ1n) is 8.20. The molecule has 4 nitrogen and oxygen atoms in total. The Bertz CT molecular complexity index is 1070. The third-order valence-electron chi connectivity index (χ3n) is 4.28. The Labute approximate surface area is 148 Å². The first-order valence-corrected chi connectivity index (χ1v) is 8.20. The molecule has 26 heavy (non-hydrogen) atoms. The summed E-state index contributed by atoms with van der Waals surface area (Å²) in [5.74, 6) is -0.0608. The van der Waals surface area contributed by atoms with Gasteiger partial charge in [0.2, 0.25) is 0 Å². The smallest absolute Gasteiger partial charge is 0.149 e. The normalized spacial score (nSPS) is 12.4. The fourth-order valence-electron chi connectivity index (χ4n) is 3.00. The number of rotatable bonds is 4. The van der Waals surface area contributed by atoms with Crippen molar-refractivity contribution < 1.29 is 8.78 Å². The van der Waals surface area contributed by atoms with Crippen LogP contribution in [0.1, 0.15) is 17.4 Å². The second kappa shape index (κ2) is 6.65. The second-order valence-corrected chi connectivity index (χ2v) is 6.15. The number of pyridine rings is 1. The van der Waals surface area contributed by atoms with Crippen molar-refractivity contribution in [3.8, 4) is 11.1 Å². The molecule has 0 radical (unpaired) electrons. The highest BCUT2D eigenvalue weighted by Crippen LogP contribution is 2.26. The maximum absolute atomic E-state index is 13.9. The molecule has 0 aliphatic heterocycles. The molecule has 2 aromatic heterocycles. The van der Waals surface area contributed by atoms with Gasteiger partial charge in [-0.15, -0.1) is 0 Å². The monoisotopic (exact) mass is 350 g/mol. The van der Waals surface area contributed by atoms with Gasteiger partial charge in [-0.1, -0.05) is 18.2 Å². The summed E-state index contributed by atoms with van der Waals surface area (Å²) >= 11 is 0. The van der Waals surface area contributed by atoms with Gasteiger partial charge in [0.25, 0.3) is 0 Å². The van der Waals surface area contributed by atoms with E-state index in [4.69, 9.17) is 5.73 Å². The Balaban J connectivity index is 1.64. The average molecular weight is 350 g/mol. The van der Waals surface area contributed by atoms with Gasteiger partial charge in [-0.05, 0) is 47.9 Å². The van der Waals surface area contributed by atoms with Crippen LogP contribution in [0.4, 0.5) is 8.78 Å². The SMILES string of the molecule is N[C@H](Cc1cccc(F)c1)c1nc2ccc(-c3ccncc3F)cc2[nH]1. The van der Waals surface area contributed by atoms with Crippen LogP contribution in [0.5, 0.6) is 0 Å². The molecule has 0 unspecified atom stereocenters. The molecule has 2 heterocycles. The van der Waals surface area contributed by atoms with Gasteiger partial charge in [0.05, 0.1) is 23.3 Å². The molecule has 1 atom stereocenters. The van der Waals surface area contributed by atoms with Gasteiger partial charge >= 0.3 is 0 Å². The van der Waals surface area contributed by atoms with E-state index in [1.54, 1.807) is 18.3 Å². The Morgan fingerprint density at radius 3 is 2.77 bits per heavy atom. The third kappa shape index (κ3) is 3.19. The fraction of sp³-hybridized carbons (Fsp3) is 0.100. The van der Waals surface area contributed by atoms with Crippen LogP contribution in [0.25, 0.3) is 22.2 Å². The van der Waals surface area contributed by atoms with Crippen LogP contribution >= 0.6 is 0 Å². The highest BCUT2D eigenvalue weighted by molar-refractivity contribution is 5.82. The second-order valence-electron chi connectivity index (χ2n) is 6.15. The summed E-state index contributed by atoms with van der Waals surface area (Å²) in [5, 5.41) is 0. The van der Waals surface area contributed by atoms with Crippen LogP contribution in [0.2, 0.25) is 0 Å².